The molecule has 0 aliphatic rings. The Morgan fingerprint density at radius 3 is 2.43 bits per heavy atom. The summed E-state index contributed by atoms with van der Waals surface area (Å²) in [6.45, 7) is 1.99. The minimum Gasteiger partial charge on any atom is -0.122 e. The van der Waals surface area contributed by atoms with Crippen molar-refractivity contribution in [1.29, 1.82) is 0 Å². The molecular formula is C5H8Cl2. The fraction of sp³-hybridized carbons (Fsp3) is 0.600. The third-order valence-electron chi connectivity index (χ3n) is 0.636. The lowest BCUT2D eigenvalue weighted by Crippen LogP contribution is -1.66. The first-order valence-corrected chi connectivity index (χ1v) is 3.13. The Bertz CT molecular complexity index is 66.5. The first-order chi connectivity index (χ1) is 3.31. The maximum atomic E-state index is 5.54. The zero-order valence-corrected chi connectivity index (χ0v) is 5.76. The summed E-state index contributed by atoms with van der Waals surface area (Å²) >= 11 is 10.9. The van der Waals surface area contributed by atoms with E-state index < -0.39 is 0 Å². The second kappa shape index (κ2) is 4.48. The summed E-state index contributed by atoms with van der Waals surface area (Å²) in [6, 6.07) is 0. The van der Waals surface area contributed by atoms with E-state index in [-0.39, 0.29) is 0 Å². The summed E-state index contributed by atoms with van der Waals surface area (Å²) in [4.78, 5) is 0. The van der Waals surface area contributed by atoms with Crippen molar-refractivity contribution < 1.29 is 0 Å². The Balaban J connectivity index is 3.29. The van der Waals surface area contributed by atoms with E-state index in [4.69, 9.17) is 23.2 Å². The van der Waals surface area contributed by atoms with Gasteiger partial charge in [-0.25, -0.2) is 0 Å². The molecule has 0 heterocycles. The van der Waals surface area contributed by atoms with Gasteiger partial charge in [-0.2, -0.15) is 0 Å². The largest absolute Gasteiger partial charge is 0.122 e. The van der Waals surface area contributed by atoms with Crippen LogP contribution in [0.3, 0.4) is 0 Å². The van der Waals surface area contributed by atoms with Crippen molar-refractivity contribution in [1.82, 2.24) is 0 Å². The predicted octanol–water partition coefficient (Wildman–Crippen LogP) is 2.76. The topological polar surface area (TPSA) is 0 Å². The van der Waals surface area contributed by atoms with Crippen LogP contribution in [0.4, 0.5) is 0 Å². The molecule has 0 saturated carbocycles. The molecule has 0 fully saturated rings. The number of alkyl halides is 1. The lowest BCUT2D eigenvalue weighted by Gasteiger charge is -1.84. The van der Waals surface area contributed by atoms with Gasteiger partial charge in [-0.1, -0.05) is 24.6 Å². The minimum atomic E-state index is 0.521. The zero-order chi connectivity index (χ0) is 5.70. The van der Waals surface area contributed by atoms with Crippen LogP contribution in [0.5, 0.6) is 0 Å². The summed E-state index contributed by atoms with van der Waals surface area (Å²) in [7, 11) is 0. The van der Waals surface area contributed by atoms with E-state index in [1.807, 2.05) is 6.92 Å². The van der Waals surface area contributed by atoms with Gasteiger partial charge in [-0.15, -0.1) is 11.6 Å². The van der Waals surface area contributed by atoms with Crippen LogP contribution in [0.2, 0.25) is 0 Å². The summed E-state index contributed by atoms with van der Waals surface area (Å²) < 4.78 is 0. The van der Waals surface area contributed by atoms with Crippen LogP contribution in [0.15, 0.2) is 11.1 Å². The van der Waals surface area contributed by atoms with E-state index >= 15 is 0 Å². The van der Waals surface area contributed by atoms with Crippen molar-refractivity contribution >= 4 is 23.2 Å². The van der Waals surface area contributed by atoms with Crippen LogP contribution in [0, 0.1) is 0 Å². The molecule has 0 spiro atoms. The summed E-state index contributed by atoms with van der Waals surface area (Å²) in [5, 5.41) is 0.843. The Hall–Kier alpha value is 0.320. The SMILES string of the molecule is CCC(Cl)=CCCl. The number of hydrogen-bond acceptors (Lipinski definition) is 0. The van der Waals surface area contributed by atoms with E-state index in [0.717, 1.165) is 11.5 Å². The third kappa shape index (κ3) is 4.17. The highest BCUT2D eigenvalue weighted by molar-refractivity contribution is 6.30. The average molecular weight is 139 g/mol. The molecule has 0 N–H and O–H groups in total. The highest BCUT2D eigenvalue weighted by Gasteiger charge is 1.80. The maximum absolute atomic E-state index is 5.54. The summed E-state index contributed by atoms with van der Waals surface area (Å²) in [5.74, 6) is 0.521. The number of hydrogen-bond donors (Lipinski definition) is 0. The van der Waals surface area contributed by atoms with Crippen LogP contribution in [-0.2, 0) is 0 Å². The van der Waals surface area contributed by atoms with Gasteiger partial charge in [0.2, 0.25) is 0 Å². The molecule has 0 nitrogen and oxygen atoms in total. The normalized spacial score (nSPS) is 12.1. The van der Waals surface area contributed by atoms with E-state index in [1.165, 1.54) is 0 Å². The van der Waals surface area contributed by atoms with Gasteiger partial charge in [-0.3, -0.25) is 0 Å². The number of rotatable bonds is 2. The quantitative estimate of drug-likeness (QED) is 0.516. The minimum absolute atomic E-state index is 0.521. The second-order valence-electron chi connectivity index (χ2n) is 1.16. The lowest BCUT2D eigenvalue weighted by atomic mass is 10.4. The average Bonchev–Trinajstić information content (AvgIpc) is 1.68. The Labute approximate surface area is 54.1 Å². The van der Waals surface area contributed by atoms with E-state index in [2.05, 4.69) is 0 Å². The van der Waals surface area contributed by atoms with Gasteiger partial charge in [-0.05, 0) is 6.42 Å². The van der Waals surface area contributed by atoms with Crippen LogP contribution in [-0.4, -0.2) is 5.88 Å². The fourth-order valence-electron chi connectivity index (χ4n) is 0.228. The summed E-state index contributed by atoms with van der Waals surface area (Å²) in [5.41, 5.74) is 0. The van der Waals surface area contributed by atoms with Crippen molar-refractivity contribution in [3.8, 4) is 0 Å². The molecule has 7 heavy (non-hydrogen) atoms. The van der Waals surface area contributed by atoms with Gasteiger partial charge >= 0.3 is 0 Å². The zero-order valence-electron chi connectivity index (χ0n) is 4.25. The van der Waals surface area contributed by atoms with Crippen molar-refractivity contribution in [2.75, 3.05) is 5.88 Å². The van der Waals surface area contributed by atoms with Gasteiger partial charge in [0.1, 0.15) is 0 Å². The number of allylic oxidation sites excluding steroid dienone is 2. The molecule has 2 heteroatoms. The molecular weight excluding hydrogens is 131 g/mol. The summed E-state index contributed by atoms with van der Waals surface area (Å²) in [6.07, 6.45) is 2.68. The molecule has 0 aliphatic heterocycles. The number of halogens is 2. The van der Waals surface area contributed by atoms with Crippen LogP contribution >= 0.6 is 23.2 Å². The van der Waals surface area contributed by atoms with Gasteiger partial charge in [0.05, 0.1) is 0 Å². The molecule has 0 aromatic rings. The molecule has 0 unspecified atom stereocenters. The molecule has 42 valence electrons. The third-order valence-corrected chi connectivity index (χ3v) is 1.21. The van der Waals surface area contributed by atoms with Crippen LogP contribution in [0.25, 0.3) is 0 Å². The predicted molar refractivity (Wildman–Crippen MR) is 34.9 cm³/mol. The monoisotopic (exact) mass is 138 g/mol. The van der Waals surface area contributed by atoms with Gasteiger partial charge in [0, 0.05) is 10.9 Å². The fourth-order valence-corrected chi connectivity index (χ4v) is 0.570. The van der Waals surface area contributed by atoms with Crippen molar-refractivity contribution in [3.63, 3.8) is 0 Å². The highest BCUT2D eigenvalue weighted by atomic mass is 35.5. The van der Waals surface area contributed by atoms with Gasteiger partial charge < -0.3 is 0 Å². The Morgan fingerprint density at radius 2 is 2.29 bits per heavy atom. The second-order valence-corrected chi connectivity index (χ2v) is 1.95. The Kier molecular flexibility index (Phi) is 4.68. The van der Waals surface area contributed by atoms with Crippen LogP contribution in [0.1, 0.15) is 13.3 Å². The first kappa shape index (κ1) is 7.32. The van der Waals surface area contributed by atoms with Crippen molar-refractivity contribution in [3.05, 3.63) is 11.1 Å². The van der Waals surface area contributed by atoms with Crippen molar-refractivity contribution in [2.24, 2.45) is 0 Å². The molecule has 0 aromatic heterocycles. The van der Waals surface area contributed by atoms with E-state index in [1.54, 1.807) is 6.08 Å². The molecule has 0 rings (SSSR count). The molecule has 0 radical (unpaired) electrons. The highest BCUT2D eigenvalue weighted by Crippen LogP contribution is 2.04. The van der Waals surface area contributed by atoms with Gasteiger partial charge in [0.15, 0.2) is 0 Å². The lowest BCUT2D eigenvalue weighted by molar-refractivity contribution is 1.19. The molecule has 0 saturated heterocycles. The molecule has 0 bridgehead atoms. The van der Waals surface area contributed by atoms with E-state index in [9.17, 15) is 0 Å². The maximum Gasteiger partial charge on any atom is 0.0418 e. The molecule has 0 aromatic carbocycles. The Morgan fingerprint density at radius 1 is 1.71 bits per heavy atom. The van der Waals surface area contributed by atoms with E-state index in [0.29, 0.717) is 5.88 Å². The molecule has 0 amide bonds. The smallest absolute Gasteiger partial charge is 0.0418 e. The standard InChI is InChI=1S/C5H8Cl2/c1-2-5(7)3-4-6/h3H,2,4H2,1H3. The molecule has 0 atom stereocenters. The van der Waals surface area contributed by atoms with Gasteiger partial charge in [0.25, 0.3) is 0 Å². The van der Waals surface area contributed by atoms with Crippen molar-refractivity contribution in [2.45, 2.75) is 13.3 Å². The molecule has 0 aliphatic carbocycles. The van der Waals surface area contributed by atoms with Crippen LogP contribution < -0.4 is 0 Å². The first-order valence-electron chi connectivity index (χ1n) is 2.21.